The normalized spacial score (nSPS) is 17.8. The minimum atomic E-state index is -4.18. The molecule has 1 aromatic carbocycles. The Hall–Kier alpha value is -2.48. The number of hydrogen-bond acceptors (Lipinski definition) is 8. The highest BCUT2D eigenvalue weighted by atomic mass is 35.5. The van der Waals surface area contributed by atoms with E-state index >= 15 is 0 Å². The Kier molecular flexibility index (Phi) is 10.7. The van der Waals surface area contributed by atoms with E-state index in [9.17, 15) is 17.6 Å². The first kappa shape index (κ1) is 28.8. The largest absolute Gasteiger partial charge is 0.483 e. The first-order valence-electron chi connectivity index (χ1n) is 10.7. The zero-order valence-corrected chi connectivity index (χ0v) is 22.0. The average Bonchev–Trinajstić information content (AvgIpc) is 3.28. The van der Waals surface area contributed by atoms with Crippen LogP contribution in [-0.2, 0) is 19.6 Å². The molecule has 35 heavy (non-hydrogen) atoms. The first-order valence-corrected chi connectivity index (χ1v) is 13.4. The van der Waals surface area contributed by atoms with Gasteiger partial charge in [-0.05, 0) is 39.1 Å². The molecule has 2 atom stereocenters. The van der Waals surface area contributed by atoms with Crippen LogP contribution in [0.25, 0.3) is 0 Å². The van der Waals surface area contributed by atoms with Crippen LogP contribution in [0.5, 0.6) is 0 Å². The molecule has 0 radical (unpaired) electrons. The summed E-state index contributed by atoms with van der Waals surface area (Å²) in [6.45, 7) is 0.0494. The number of rotatable bonds is 8. The Bertz CT molecular complexity index is 1100. The van der Waals surface area contributed by atoms with Gasteiger partial charge in [0.15, 0.2) is 5.13 Å². The zero-order valence-electron chi connectivity index (χ0n) is 19.6. The summed E-state index contributed by atoms with van der Waals surface area (Å²) in [6, 6.07) is 1.97. The van der Waals surface area contributed by atoms with E-state index in [1.54, 1.807) is 17.3 Å². The Morgan fingerprint density at radius 1 is 1.31 bits per heavy atom. The molecule has 14 heteroatoms. The lowest BCUT2D eigenvalue weighted by molar-refractivity contribution is -0.133. The van der Waals surface area contributed by atoms with Gasteiger partial charge < -0.3 is 20.2 Å². The van der Waals surface area contributed by atoms with Gasteiger partial charge in [-0.25, -0.2) is 17.8 Å². The molecule has 0 unspecified atom stereocenters. The quantitative estimate of drug-likeness (QED) is 0.428. The van der Waals surface area contributed by atoms with Crippen molar-refractivity contribution in [3.05, 3.63) is 34.5 Å². The number of likely N-dealkylation sites (N-methyl/N-ethyl adjacent to an activating group) is 2. The van der Waals surface area contributed by atoms with Crippen LogP contribution in [0.15, 0.2) is 28.6 Å². The Labute approximate surface area is 213 Å². The summed E-state index contributed by atoms with van der Waals surface area (Å²) >= 11 is 7.43. The third kappa shape index (κ3) is 8.02. The number of carboxylic acid groups (broad SMARTS) is 1. The first-order chi connectivity index (χ1) is 16.5. The molecule has 1 heterocycles. The SMILES string of the molecule is CN(C)CC(=O)N(C)[C@H]1CCCC[C@@H]1Nc1cc(F)c(S(=O)(=O)Nc2nccs2)cc1Cl.O=CO. The molecule has 0 aliphatic heterocycles. The van der Waals surface area contributed by atoms with Crippen molar-refractivity contribution in [1.82, 2.24) is 14.8 Å². The van der Waals surface area contributed by atoms with Gasteiger partial charge in [-0.2, -0.15) is 0 Å². The molecular formula is C21H29ClFN5O5S2. The number of sulfonamides is 1. The third-order valence-corrected chi connectivity index (χ3v) is 7.86. The predicted molar refractivity (Wildman–Crippen MR) is 134 cm³/mol. The summed E-state index contributed by atoms with van der Waals surface area (Å²) in [7, 11) is 1.27. The topological polar surface area (TPSA) is 132 Å². The van der Waals surface area contributed by atoms with E-state index < -0.39 is 20.7 Å². The Morgan fingerprint density at radius 2 is 1.97 bits per heavy atom. The molecule has 1 aliphatic rings. The van der Waals surface area contributed by atoms with Crippen LogP contribution in [-0.4, -0.2) is 80.5 Å². The van der Waals surface area contributed by atoms with Gasteiger partial charge in [-0.15, -0.1) is 11.3 Å². The van der Waals surface area contributed by atoms with E-state index in [-0.39, 0.29) is 34.6 Å². The van der Waals surface area contributed by atoms with Crippen molar-refractivity contribution in [2.45, 2.75) is 42.7 Å². The number of nitrogens with one attached hydrogen (secondary N) is 2. The summed E-state index contributed by atoms with van der Waals surface area (Å²) in [6.07, 6.45) is 5.00. The van der Waals surface area contributed by atoms with Gasteiger partial charge in [0, 0.05) is 24.7 Å². The molecule has 2 aromatic rings. The second-order valence-corrected chi connectivity index (χ2v) is 11.1. The lowest BCUT2D eigenvalue weighted by atomic mass is 9.89. The van der Waals surface area contributed by atoms with Crippen LogP contribution in [0.2, 0.25) is 5.02 Å². The second kappa shape index (κ2) is 13.0. The second-order valence-electron chi connectivity index (χ2n) is 8.16. The van der Waals surface area contributed by atoms with Gasteiger partial charge in [-0.1, -0.05) is 24.4 Å². The van der Waals surface area contributed by atoms with Crippen LogP contribution in [0.1, 0.15) is 25.7 Å². The van der Waals surface area contributed by atoms with Crippen molar-refractivity contribution in [3.63, 3.8) is 0 Å². The minimum Gasteiger partial charge on any atom is -0.483 e. The van der Waals surface area contributed by atoms with Crippen LogP contribution in [0.3, 0.4) is 0 Å². The van der Waals surface area contributed by atoms with Crippen molar-refractivity contribution in [2.75, 3.05) is 37.7 Å². The highest BCUT2D eigenvalue weighted by Gasteiger charge is 2.32. The maximum atomic E-state index is 14.8. The van der Waals surface area contributed by atoms with Gasteiger partial charge in [0.05, 0.1) is 23.3 Å². The van der Waals surface area contributed by atoms with Crippen molar-refractivity contribution >= 4 is 56.2 Å². The standard InChI is InChI=1S/C20H27ClFN5O3S2.CH2O2/c1-26(2)12-19(28)27(3)17-7-5-4-6-15(17)24-16-11-14(22)18(10-13(16)21)32(29,30)25-20-23-8-9-31-20;2-1-3/h8-11,15,17,24H,4-7,12H2,1-3H3,(H,23,25);1H,(H,2,3)/t15-,17-;/m0./s1. The molecule has 0 bridgehead atoms. The maximum absolute atomic E-state index is 14.8. The molecular weight excluding hydrogens is 521 g/mol. The van der Waals surface area contributed by atoms with Gasteiger partial charge in [-0.3, -0.25) is 14.3 Å². The fourth-order valence-corrected chi connectivity index (χ4v) is 5.96. The number of anilines is 2. The van der Waals surface area contributed by atoms with Gasteiger partial charge >= 0.3 is 0 Å². The fourth-order valence-electron chi connectivity index (χ4n) is 3.80. The molecule has 1 fully saturated rings. The van der Waals surface area contributed by atoms with Crippen LogP contribution in [0, 0.1) is 5.82 Å². The van der Waals surface area contributed by atoms with E-state index in [1.165, 1.54) is 6.20 Å². The predicted octanol–water partition coefficient (Wildman–Crippen LogP) is 3.18. The molecule has 1 amide bonds. The van der Waals surface area contributed by atoms with Gasteiger partial charge in [0.25, 0.3) is 16.5 Å². The van der Waals surface area contributed by atoms with Crippen LogP contribution in [0.4, 0.5) is 15.2 Å². The summed E-state index contributed by atoms with van der Waals surface area (Å²) in [4.78, 5) is 27.8. The summed E-state index contributed by atoms with van der Waals surface area (Å²) in [5.74, 6) is -0.925. The minimum absolute atomic E-state index is 0.000629. The van der Waals surface area contributed by atoms with E-state index in [2.05, 4.69) is 15.0 Å². The smallest absolute Gasteiger partial charge is 0.290 e. The number of halogens is 2. The molecule has 1 aliphatic carbocycles. The van der Waals surface area contributed by atoms with Crippen molar-refractivity contribution < 1.29 is 27.5 Å². The van der Waals surface area contributed by atoms with Crippen molar-refractivity contribution in [1.29, 1.82) is 0 Å². The number of thiazole rings is 1. The van der Waals surface area contributed by atoms with Gasteiger partial charge in [0.2, 0.25) is 5.91 Å². The molecule has 10 nitrogen and oxygen atoms in total. The third-order valence-electron chi connectivity index (χ3n) is 5.38. The summed E-state index contributed by atoms with van der Waals surface area (Å²) < 4.78 is 42.2. The van der Waals surface area contributed by atoms with E-state index in [4.69, 9.17) is 21.5 Å². The van der Waals surface area contributed by atoms with E-state index in [0.29, 0.717) is 12.2 Å². The molecule has 3 rings (SSSR count). The Morgan fingerprint density at radius 3 is 2.57 bits per heavy atom. The summed E-state index contributed by atoms with van der Waals surface area (Å²) in [5.41, 5.74) is 0.294. The zero-order chi connectivity index (χ0) is 26.2. The monoisotopic (exact) mass is 549 g/mol. The summed E-state index contributed by atoms with van der Waals surface area (Å²) in [5, 5.41) is 12.0. The van der Waals surface area contributed by atoms with Crippen molar-refractivity contribution in [2.24, 2.45) is 0 Å². The number of aromatic nitrogens is 1. The number of amides is 1. The van der Waals surface area contributed by atoms with Crippen LogP contribution < -0.4 is 10.0 Å². The molecule has 0 saturated heterocycles. The molecule has 0 spiro atoms. The van der Waals surface area contributed by atoms with E-state index in [0.717, 1.165) is 49.2 Å². The van der Waals surface area contributed by atoms with Crippen LogP contribution >= 0.6 is 22.9 Å². The molecule has 1 aromatic heterocycles. The lowest BCUT2D eigenvalue weighted by Crippen LogP contribution is -2.51. The average molecular weight is 550 g/mol. The highest BCUT2D eigenvalue weighted by molar-refractivity contribution is 7.93. The van der Waals surface area contributed by atoms with Crippen molar-refractivity contribution in [3.8, 4) is 0 Å². The molecule has 194 valence electrons. The lowest BCUT2D eigenvalue weighted by Gasteiger charge is -2.39. The maximum Gasteiger partial charge on any atom is 0.290 e. The fraction of sp³-hybridized carbons (Fsp3) is 0.476. The molecule has 3 N–H and O–H groups in total. The molecule has 1 saturated carbocycles. The number of benzene rings is 1. The van der Waals surface area contributed by atoms with Gasteiger partial charge in [0.1, 0.15) is 10.7 Å². The highest BCUT2D eigenvalue weighted by Crippen LogP contribution is 2.33. The Balaban J connectivity index is 0.00000137. The number of carbonyl (C=O) groups excluding carboxylic acids is 1. The number of carbonyl (C=O) groups is 2. The number of hydrogen-bond donors (Lipinski definition) is 3. The number of nitrogens with zero attached hydrogens (tertiary/aromatic N) is 3. The van der Waals surface area contributed by atoms with E-state index in [1.807, 2.05) is 19.0 Å².